The van der Waals surface area contributed by atoms with Gasteiger partial charge in [-0.3, -0.25) is 0 Å². The summed E-state index contributed by atoms with van der Waals surface area (Å²) >= 11 is 0. The van der Waals surface area contributed by atoms with Crippen LogP contribution >= 0.6 is 0 Å². The molecular formula is C14H21N3. The summed E-state index contributed by atoms with van der Waals surface area (Å²) in [6.45, 7) is 7.34. The molecule has 17 heavy (non-hydrogen) atoms. The third-order valence-corrected chi connectivity index (χ3v) is 3.16. The second-order valence-electron chi connectivity index (χ2n) is 4.44. The van der Waals surface area contributed by atoms with E-state index in [-0.39, 0.29) is 0 Å². The summed E-state index contributed by atoms with van der Waals surface area (Å²) in [5, 5.41) is 3.40. The van der Waals surface area contributed by atoms with Crippen LogP contribution in [0.3, 0.4) is 0 Å². The Balaban J connectivity index is 2.04. The van der Waals surface area contributed by atoms with Crippen LogP contribution in [0, 0.1) is 0 Å². The Labute approximate surface area is 104 Å². The standard InChI is InChI=1S/C14H21N3/c1-3-15-12(2)13-7-8-14(16-11-13)17-9-5-4-6-10-17/h4-5,7-8,11-12,15H,3,6,9-10H2,1-2H3. The summed E-state index contributed by atoms with van der Waals surface area (Å²) in [5.74, 6) is 1.08. The quantitative estimate of drug-likeness (QED) is 0.807. The molecule has 1 aliphatic heterocycles. The molecule has 1 unspecified atom stereocenters. The van der Waals surface area contributed by atoms with Crippen LogP contribution in [-0.4, -0.2) is 24.6 Å². The van der Waals surface area contributed by atoms with Crippen molar-refractivity contribution < 1.29 is 0 Å². The number of anilines is 1. The monoisotopic (exact) mass is 231 g/mol. The van der Waals surface area contributed by atoms with Crippen molar-refractivity contribution >= 4 is 5.82 Å². The number of pyridine rings is 1. The van der Waals surface area contributed by atoms with Crippen molar-refractivity contribution in [2.24, 2.45) is 0 Å². The molecule has 1 aromatic rings. The van der Waals surface area contributed by atoms with Gasteiger partial charge in [0.15, 0.2) is 0 Å². The maximum absolute atomic E-state index is 4.56. The highest BCUT2D eigenvalue weighted by molar-refractivity contribution is 5.41. The average Bonchev–Trinajstić information content (AvgIpc) is 2.40. The van der Waals surface area contributed by atoms with Gasteiger partial charge in [0.05, 0.1) is 0 Å². The molecule has 0 aromatic carbocycles. The van der Waals surface area contributed by atoms with E-state index in [4.69, 9.17) is 0 Å². The minimum Gasteiger partial charge on any atom is -0.353 e. The number of nitrogens with zero attached hydrogens (tertiary/aromatic N) is 2. The highest BCUT2D eigenvalue weighted by Crippen LogP contribution is 2.17. The third kappa shape index (κ3) is 3.07. The van der Waals surface area contributed by atoms with E-state index in [0.29, 0.717) is 6.04 Å². The summed E-state index contributed by atoms with van der Waals surface area (Å²) in [7, 11) is 0. The number of aromatic nitrogens is 1. The summed E-state index contributed by atoms with van der Waals surface area (Å²) in [6, 6.07) is 4.68. The van der Waals surface area contributed by atoms with E-state index in [9.17, 15) is 0 Å². The first-order valence-electron chi connectivity index (χ1n) is 6.40. The van der Waals surface area contributed by atoms with Gasteiger partial charge in [-0.2, -0.15) is 0 Å². The first-order valence-corrected chi connectivity index (χ1v) is 6.40. The lowest BCUT2D eigenvalue weighted by Gasteiger charge is -2.24. The van der Waals surface area contributed by atoms with Crippen LogP contribution in [0.25, 0.3) is 0 Å². The van der Waals surface area contributed by atoms with Gasteiger partial charge in [0, 0.05) is 25.3 Å². The van der Waals surface area contributed by atoms with Crippen LogP contribution in [0.5, 0.6) is 0 Å². The van der Waals surface area contributed by atoms with Crippen molar-refractivity contribution in [3.63, 3.8) is 0 Å². The highest BCUT2D eigenvalue weighted by atomic mass is 15.2. The molecule has 0 saturated heterocycles. The molecule has 2 heterocycles. The summed E-state index contributed by atoms with van der Waals surface area (Å²) in [5.41, 5.74) is 1.25. The molecule has 92 valence electrons. The molecule has 1 N–H and O–H groups in total. The Morgan fingerprint density at radius 3 is 2.88 bits per heavy atom. The molecule has 0 bridgehead atoms. The first kappa shape index (κ1) is 12.1. The van der Waals surface area contributed by atoms with Crippen LogP contribution in [0.4, 0.5) is 5.82 Å². The molecule has 0 spiro atoms. The smallest absolute Gasteiger partial charge is 0.128 e. The minimum atomic E-state index is 0.378. The number of nitrogens with one attached hydrogen (secondary N) is 1. The van der Waals surface area contributed by atoms with Crippen LogP contribution in [0.15, 0.2) is 30.5 Å². The molecule has 0 saturated carbocycles. The molecule has 0 fully saturated rings. The number of hydrogen-bond acceptors (Lipinski definition) is 3. The van der Waals surface area contributed by atoms with Gasteiger partial charge in [0.1, 0.15) is 5.82 Å². The Morgan fingerprint density at radius 1 is 1.41 bits per heavy atom. The van der Waals surface area contributed by atoms with Crippen LogP contribution in [0.2, 0.25) is 0 Å². The lowest BCUT2D eigenvalue weighted by atomic mass is 10.1. The summed E-state index contributed by atoms with van der Waals surface area (Å²) < 4.78 is 0. The zero-order chi connectivity index (χ0) is 12.1. The first-order chi connectivity index (χ1) is 8.31. The Morgan fingerprint density at radius 2 is 2.29 bits per heavy atom. The van der Waals surface area contributed by atoms with Gasteiger partial charge < -0.3 is 10.2 Å². The zero-order valence-corrected chi connectivity index (χ0v) is 10.7. The van der Waals surface area contributed by atoms with E-state index in [2.05, 4.69) is 53.3 Å². The Kier molecular flexibility index (Phi) is 4.15. The molecule has 3 nitrogen and oxygen atoms in total. The second-order valence-corrected chi connectivity index (χ2v) is 4.44. The maximum atomic E-state index is 4.56. The molecule has 0 aliphatic carbocycles. The fourth-order valence-corrected chi connectivity index (χ4v) is 2.11. The van der Waals surface area contributed by atoms with Gasteiger partial charge in [0.2, 0.25) is 0 Å². The Hall–Kier alpha value is -1.35. The molecular weight excluding hydrogens is 210 g/mol. The van der Waals surface area contributed by atoms with E-state index in [1.807, 2.05) is 6.20 Å². The third-order valence-electron chi connectivity index (χ3n) is 3.16. The molecule has 1 aliphatic rings. The van der Waals surface area contributed by atoms with E-state index < -0.39 is 0 Å². The van der Waals surface area contributed by atoms with E-state index >= 15 is 0 Å². The maximum Gasteiger partial charge on any atom is 0.128 e. The van der Waals surface area contributed by atoms with Crippen molar-refractivity contribution in [1.29, 1.82) is 0 Å². The van der Waals surface area contributed by atoms with Crippen LogP contribution in [0.1, 0.15) is 31.9 Å². The fraction of sp³-hybridized carbons (Fsp3) is 0.500. The zero-order valence-electron chi connectivity index (χ0n) is 10.7. The number of hydrogen-bond donors (Lipinski definition) is 1. The normalized spacial score (nSPS) is 17.2. The van der Waals surface area contributed by atoms with Gasteiger partial charge in [-0.25, -0.2) is 4.98 Å². The predicted octanol–water partition coefficient (Wildman–Crippen LogP) is 2.52. The van der Waals surface area contributed by atoms with Gasteiger partial charge in [-0.1, -0.05) is 25.1 Å². The largest absolute Gasteiger partial charge is 0.353 e. The Bertz CT molecular complexity index is 370. The van der Waals surface area contributed by atoms with E-state index in [1.165, 1.54) is 5.56 Å². The van der Waals surface area contributed by atoms with Crippen LogP contribution in [-0.2, 0) is 0 Å². The van der Waals surface area contributed by atoms with Crippen molar-refractivity contribution in [2.45, 2.75) is 26.3 Å². The van der Waals surface area contributed by atoms with Gasteiger partial charge in [-0.05, 0) is 31.5 Å². The van der Waals surface area contributed by atoms with Gasteiger partial charge in [-0.15, -0.1) is 0 Å². The minimum absolute atomic E-state index is 0.378. The topological polar surface area (TPSA) is 28.2 Å². The molecule has 3 heteroatoms. The molecule has 1 aromatic heterocycles. The summed E-state index contributed by atoms with van der Waals surface area (Å²) in [6.07, 6.45) is 7.55. The predicted molar refractivity (Wildman–Crippen MR) is 72.3 cm³/mol. The SMILES string of the molecule is CCNC(C)c1ccc(N2CC=CCC2)nc1. The average molecular weight is 231 g/mol. The molecule has 0 amide bonds. The van der Waals surface area contributed by atoms with E-state index in [1.54, 1.807) is 0 Å². The second kappa shape index (κ2) is 5.82. The molecule has 2 rings (SSSR count). The van der Waals surface area contributed by atoms with Crippen molar-refractivity contribution in [3.8, 4) is 0 Å². The molecule has 0 radical (unpaired) electrons. The van der Waals surface area contributed by atoms with Crippen molar-refractivity contribution in [1.82, 2.24) is 10.3 Å². The lowest BCUT2D eigenvalue weighted by Crippen LogP contribution is -2.27. The van der Waals surface area contributed by atoms with Gasteiger partial charge >= 0.3 is 0 Å². The summed E-state index contributed by atoms with van der Waals surface area (Å²) in [4.78, 5) is 6.86. The lowest BCUT2D eigenvalue weighted by molar-refractivity contribution is 0.596. The van der Waals surface area contributed by atoms with E-state index in [0.717, 1.165) is 31.9 Å². The van der Waals surface area contributed by atoms with Crippen molar-refractivity contribution in [2.75, 3.05) is 24.5 Å². The number of rotatable bonds is 4. The molecule has 1 atom stereocenters. The van der Waals surface area contributed by atoms with Crippen LogP contribution < -0.4 is 10.2 Å². The van der Waals surface area contributed by atoms with Crippen molar-refractivity contribution in [3.05, 3.63) is 36.0 Å². The highest BCUT2D eigenvalue weighted by Gasteiger charge is 2.09. The van der Waals surface area contributed by atoms with Gasteiger partial charge in [0.25, 0.3) is 0 Å². The fourth-order valence-electron chi connectivity index (χ4n) is 2.11.